The number of halogens is 1. The maximum atomic E-state index is 5.63. The van der Waals surface area contributed by atoms with Crippen molar-refractivity contribution in [3.05, 3.63) is 0 Å². The van der Waals surface area contributed by atoms with Gasteiger partial charge in [0.25, 0.3) is 0 Å². The highest BCUT2D eigenvalue weighted by Crippen LogP contribution is 2.22. The Kier molecular flexibility index (Phi) is 3.41. The van der Waals surface area contributed by atoms with Gasteiger partial charge in [-0.15, -0.1) is 12.4 Å². The molecule has 0 amide bonds. The van der Waals surface area contributed by atoms with Crippen molar-refractivity contribution in [1.82, 2.24) is 0 Å². The molecule has 1 fully saturated rings. The predicted octanol–water partition coefficient (Wildman–Crippen LogP) is 1.56. The lowest BCUT2D eigenvalue weighted by Crippen LogP contribution is -2.14. The first-order chi connectivity index (χ1) is 3.29. The SMILES string of the molecule is CC1CCC(N)C1.Cl. The maximum absolute atomic E-state index is 5.63. The van der Waals surface area contributed by atoms with E-state index in [1.54, 1.807) is 0 Å². The van der Waals surface area contributed by atoms with Crippen LogP contribution >= 0.6 is 12.4 Å². The van der Waals surface area contributed by atoms with E-state index >= 15 is 0 Å². The van der Waals surface area contributed by atoms with E-state index in [-0.39, 0.29) is 12.4 Å². The molecule has 0 aromatic rings. The molecule has 0 bridgehead atoms. The van der Waals surface area contributed by atoms with Crippen molar-refractivity contribution in [2.24, 2.45) is 11.7 Å². The third kappa shape index (κ3) is 2.01. The second-order valence-electron chi connectivity index (χ2n) is 2.68. The Morgan fingerprint density at radius 1 is 1.38 bits per heavy atom. The number of rotatable bonds is 0. The van der Waals surface area contributed by atoms with Crippen LogP contribution in [0.3, 0.4) is 0 Å². The second-order valence-corrected chi connectivity index (χ2v) is 2.68. The predicted molar refractivity (Wildman–Crippen MR) is 38.2 cm³/mol. The highest BCUT2D eigenvalue weighted by molar-refractivity contribution is 5.85. The van der Waals surface area contributed by atoms with Crippen LogP contribution < -0.4 is 5.73 Å². The lowest BCUT2D eigenvalue weighted by molar-refractivity contribution is 0.594. The summed E-state index contributed by atoms with van der Waals surface area (Å²) in [6.45, 7) is 2.27. The van der Waals surface area contributed by atoms with Crippen LogP contribution in [0.5, 0.6) is 0 Å². The molecule has 0 aromatic carbocycles. The Balaban J connectivity index is 0.000000490. The summed E-state index contributed by atoms with van der Waals surface area (Å²) >= 11 is 0. The molecule has 0 spiro atoms. The normalized spacial score (nSPS) is 36.8. The van der Waals surface area contributed by atoms with E-state index in [9.17, 15) is 0 Å². The van der Waals surface area contributed by atoms with Crippen molar-refractivity contribution in [2.75, 3.05) is 0 Å². The van der Waals surface area contributed by atoms with Gasteiger partial charge < -0.3 is 5.73 Å². The molecule has 2 N–H and O–H groups in total. The molecule has 1 nitrogen and oxygen atoms in total. The molecule has 0 aromatic heterocycles. The summed E-state index contributed by atoms with van der Waals surface area (Å²) in [6, 6.07) is 0.523. The fourth-order valence-corrected chi connectivity index (χ4v) is 1.25. The fourth-order valence-electron chi connectivity index (χ4n) is 1.25. The summed E-state index contributed by atoms with van der Waals surface area (Å²) in [5, 5.41) is 0. The quantitative estimate of drug-likeness (QED) is 0.536. The average Bonchev–Trinajstić information content (AvgIpc) is 1.87. The molecule has 2 atom stereocenters. The van der Waals surface area contributed by atoms with Crippen LogP contribution in [0.25, 0.3) is 0 Å². The number of hydrogen-bond donors (Lipinski definition) is 1. The van der Waals surface area contributed by atoms with Gasteiger partial charge >= 0.3 is 0 Å². The van der Waals surface area contributed by atoms with Gasteiger partial charge in [0.05, 0.1) is 0 Å². The number of hydrogen-bond acceptors (Lipinski definition) is 1. The molecule has 1 saturated carbocycles. The van der Waals surface area contributed by atoms with Gasteiger partial charge in [0.2, 0.25) is 0 Å². The van der Waals surface area contributed by atoms with E-state index in [0.29, 0.717) is 6.04 Å². The summed E-state index contributed by atoms with van der Waals surface area (Å²) in [7, 11) is 0. The minimum Gasteiger partial charge on any atom is -0.328 e. The van der Waals surface area contributed by atoms with E-state index in [1.165, 1.54) is 19.3 Å². The van der Waals surface area contributed by atoms with Gasteiger partial charge in [0, 0.05) is 6.04 Å². The monoisotopic (exact) mass is 135 g/mol. The van der Waals surface area contributed by atoms with Gasteiger partial charge in [-0.2, -0.15) is 0 Å². The average molecular weight is 136 g/mol. The summed E-state index contributed by atoms with van der Waals surface area (Å²) in [6.07, 6.45) is 3.85. The topological polar surface area (TPSA) is 26.0 Å². The van der Waals surface area contributed by atoms with Crippen LogP contribution in [0.1, 0.15) is 26.2 Å². The van der Waals surface area contributed by atoms with Gasteiger partial charge in [0.15, 0.2) is 0 Å². The molecule has 1 rings (SSSR count). The van der Waals surface area contributed by atoms with Crippen LogP contribution in [0.2, 0.25) is 0 Å². The lowest BCUT2D eigenvalue weighted by atomic mass is 10.1. The first kappa shape index (κ1) is 8.25. The van der Waals surface area contributed by atoms with Crippen molar-refractivity contribution < 1.29 is 0 Å². The molecule has 2 unspecified atom stereocenters. The molecule has 50 valence electrons. The van der Waals surface area contributed by atoms with Gasteiger partial charge in [-0.05, 0) is 25.2 Å². The molecular formula is C6H14ClN. The third-order valence-electron chi connectivity index (χ3n) is 1.74. The molecule has 0 saturated heterocycles. The molecule has 0 aliphatic heterocycles. The van der Waals surface area contributed by atoms with Crippen LogP contribution in [-0.2, 0) is 0 Å². The van der Waals surface area contributed by atoms with Crippen LogP contribution in [0.15, 0.2) is 0 Å². The molecule has 8 heavy (non-hydrogen) atoms. The molecule has 2 heteroatoms. The van der Waals surface area contributed by atoms with E-state index in [2.05, 4.69) is 6.92 Å². The fraction of sp³-hybridized carbons (Fsp3) is 1.00. The Labute approximate surface area is 57.1 Å². The van der Waals surface area contributed by atoms with E-state index in [1.807, 2.05) is 0 Å². The second kappa shape index (κ2) is 3.31. The van der Waals surface area contributed by atoms with Crippen LogP contribution in [0.4, 0.5) is 0 Å². The van der Waals surface area contributed by atoms with Crippen LogP contribution in [-0.4, -0.2) is 6.04 Å². The third-order valence-corrected chi connectivity index (χ3v) is 1.74. The van der Waals surface area contributed by atoms with Gasteiger partial charge in [0.1, 0.15) is 0 Å². The molecule has 0 heterocycles. The van der Waals surface area contributed by atoms with Gasteiger partial charge in [-0.1, -0.05) is 6.92 Å². The maximum Gasteiger partial charge on any atom is 0.00414 e. The molecule has 0 radical (unpaired) electrons. The van der Waals surface area contributed by atoms with Crippen LogP contribution in [0, 0.1) is 5.92 Å². The standard InChI is InChI=1S/C6H13N.ClH/c1-5-2-3-6(7)4-5;/h5-6H,2-4,7H2,1H3;1H. The Bertz CT molecular complexity index is 57.5. The molecule has 1 aliphatic rings. The minimum absolute atomic E-state index is 0. The largest absolute Gasteiger partial charge is 0.328 e. The van der Waals surface area contributed by atoms with E-state index < -0.39 is 0 Å². The van der Waals surface area contributed by atoms with Crippen molar-refractivity contribution >= 4 is 12.4 Å². The summed E-state index contributed by atoms with van der Waals surface area (Å²) < 4.78 is 0. The van der Waals surface area contributed by atoms with Gasteiger partial charge in [-0.25, -0.2) is 0 Å². The first-order valence-electron chi connectivity index (χ1n) is 3.04. The minimum atomic E-state index is 0. The summed E-state index contributed by atoms with van der Waals surface area (Å²) in [4.78, 5) is 0. The zero-order valence-corrected chi connectivity index (χ0v) is 6.08. The van der Waals surface area contributed by atoms with E-state index in [0.717, 1.165) is 5.92 Å². The van der Waals surface area contributed by atoms with Crippen molar-refractivity contribution in [3.63, 3.8) is 0 Å². The van der Waals surface area contributed by atoms with Crippen molar-refractivity contribution in [2.45, 2.75) is 32.2 Å². The summed E-state index contributed by atoms with van der Waals surface area (Å²) in [5.74, 6) is 0.898. The smallest absolute Gasteiger partial charge is 0.00414 e. The Hall–Kier alpha value is 0.250. The highest BCUT2D eigenvalue weighted by Gasteiger charge is 2.16. The molecule has 1 aliphatic carbocycles. The molecular weight excluding hydrogens is 122 g/mol. The Morgan fingerprint density at radius 3 is 2.12 bits per heavy atom. The van der Waals surface area contributed by atoms with E-state index in [4.69, 9.17) is 5.73 Å². The highest BCUT2D eigenvalue weighted by atomic mass is 35.5. The first-order valence-corrected chi connectivity index (χ1v) is 3.04. The van der Waals surface area contributed by atoms with Crippen molar-refractivity contribution in [3.8, 4) is 0 Å². The van der Waals surface area contributed by atoms with Gasteiger partial charge in [-0.3, -0.25) is 0 Å². The lowest BCUT2D eigenvalue weighted by Gasteiger charge is -1.97. The van der Waals surface area contributed by atoms with Crippen molar-refractivity contribution in [1.29, 1.82) is 0 Å². The Morgan fingerprint density at radius 2 is 2.00 bits per heavy atom. The summed E-state index contributed by atoms with van der Waals surface area (Å²) in [5.41, 5.74) is 5.63. The zero-order valence-electron chi connectivity index (χ0n) is 5.26. The number of nitrogens with two attached hydrogens (primary N) is 1. The zero-order chi connectivity index (χ0) is 5.28.